The monoisotopic (exact) mass is 249 g/mol. The van der Waals surface area contributed by atoms with Gasteiger partial charge in [0.15, 0.2) is 11.6 Å². The summed E-state index contributed by atoms with van der Waals surface area (Å²) in [7, 11) is 3.34. The Morgan fingerprint density at radius 2 is 2.17 bits per heavy atom. The molecular formula is C13H16FN3O. The van der Waals surface area contributed by atoms with Gasteiger partial charge in [-0.2, -0.15) is 5.10 Å². The van der Waals surface area contributed by atoms with Crippen molar-refractivity contribution in [3.8, 4) is 5.75 Å². The molecule has 0 aliphatic heterocycles. The van der Waals surface area contributed by atoms with Gasteiger partial charge in [0, 0.05) is 18.8 Å². The Bertz CT molecular complexity index is 551. The molecule has 0 radical (unpaired) electrons. The van der Waals surface area contributed by atoms with Crippen molar-refractivity contribution in [2.75, 3.05) is 12.4 Å². The van der Waals surface area contributed by atoms with Gasteiger partial charge in [0.1, 0.15) is 0 Å². The van der Waals surface area contributed by atoms with Gasteiger partial charge >= 0.3 is 0 Å². The summed E-state index contributed by atoms with van der Waals surface area (Å²) in [5, 5.41) is 7.40. The fourth-order valence-corrected chi connectivity index (χ4v) is 1.80. The zero-order valence-corrected chi connectivity index (χ0v) is 10.7. The highest BCUT2D eigenvalue weighted by atomic mass is 19.1. The molecule has 5 heteroatoms. The number of anilines is 1. The first-order chi connectivity index (χ1) is 8.60. The van der Waals surface area contributed by atoms with Crippen LogP contribution in [0, 0.1) is 12.7 Å². The molecule has 0 bridgehead atoms. The Balaban J connectivity index is 2.06. The van der Waals surface area contributed by atoms with E-state index >= 15 is 0 Å². The van der Waals surface area contributed by atoms with E-state index in [0.717, 1.165) is 11.4 Å². The third kappa shape index (κ3) is 2.61. The lowest BCUT2D eigenvalue weighted by Gasteiger charge is -2.08. The largest absolute Gasteiger partial charge is 0.494 e. The van der Waals surface area contributed by atoms with Crippen molar-refractivity contribution >= 4 is 5.69 Å². The Hall–Kier alpha value is -2.04. The van der Waals surface area contributed by atoms with Crippen molar-refractivity contribution in [2.24, 2.45) is 7.05 Å². The quantitative estimate of drug-likeness (QED) is 0.904. The van der Waals surface area contributed by atoms with Crippen LogP contribution >= 0.6 is 0 Å². The first kappa shape index (κ1) is 12.4. The maximum Gasteiger partial charge on any atom is 0.167 e. The van der Waals surface area contributed by atoms with Crippen molar-refractivity contribution in [1.29, 1.82) is 0 Å². The maximum absolute atomic E-state index is 13.5. The fourth-order valence-electron chi connectivity index (χ4n) is 1.80. The molecule has 0 aliphatic rings. The molecule has 1 heterocycles. The van der Waals surface area contributed by atoms with Gasteiger partial charge in [-0.15, -0.1) is 0 Å². The molecule has 4 nitrogen and oxygen atoms in total. The summed E-state index contributed by atoms with van der Waals surface area (Å²) in [6.07, 6.45) is 0. The number of halogens is 1. The summed E-state index contributed by atoms with van der Waals surface area (Å²) in [4.78, 5) is 0. The fraction of sp³-hybridized carbons (Fsp3) is 0.308. The molecule has 0 amide bonds. The molecule has 2 rings (SSSR count). The number of hydrogen-bond donors (Lipinski definition) is 1. The van der Waals surface area contributed by atoms with Crippen molar-refractivity contribution in [1.82, 2.24) is 9.78 Å². The minimum atomic E-state index is -0.372. The molecule has 18 heavy (non-hydrogen) atoms. The molecule has 0 atom stereocenters. The number of aryl methyl sites for hydroxylation is 2. The van der Waals surface area contributed by atoms with Gasteiger partial charge in [0.25, 0.3) is 0 Å². The second-order valence-electron chi connectivity index (χ2n) is 4.10. The topological polar surface area (TPSA) is 39.1 Å². The van der Waals surface area contributed by atoms with E-state index in [1.807, 2.05) is 24.7 Å². The molecule has 0 saturated carbocycles. The molecule has 2 aromatic rings. The maximum atomic E-state index is 13.5. The van der Waals surface area contributed by atoms with Gasteiger partial charge in [-0.1, -0.05) is 0 Å². The van der Waals surface area contributed by atoms with Crippen LogP contribution < -0.4 is 10.1 Å². The van der Waals surface area contributed by atoms with Crippen molar-refractivity contribution in [2.45, 2.75) is 13.5 Å². The van der Waals surface area contributed by atoms with Crippen LogP contribution in [0.4, 0.5) is 10.1 Å². The van der Waals surface area contributed by atoms with Gasteiger partial charge in [-0.25, -0.2) is 4.39 Å². The number of aromatic nitrogens is 2. The predicted octanol–water partition coefficient (Wildman–Crippen LogP) is 2.49. The van der Waals surface area contributed by atoms with Crippen LogP contribution in [0.2, 0.25) is 0 Å². The molecule has 0 fully saturated rings. The first-order valence-corrected chi connectivity index (χ1v) is 5.67. The highest BCUT2D eigenvalue weighted by Gasteiger charge is 2.05. The van der Waals surface area contributed by atoms with E-state index in [9.17, 15) is 4.39 Å². The van der Waals surface area contributed by atoms with E-state index < -0.39 is 0 Å². The minimum Gasteiger partial charge on any atom is -0.494 e. The van der Waals surface area contributed by atoms with E-state index in [0.29, 0.717) is 12.2 Å². The number of rotatable bonds is 4. The van der Waals surface area contributed by atoms with Crippen LogP contribution in [0.25, 0.3) is 0 Å². The minimum absolute atomic E-state index is 0.247. The van der Waals surface area contributed by atoms with Crippen LogP contribution in [0.3, 0.4) is 0 Å². The zero-order chi connectivity index (χ0) is 13.1. The van der Waals surface area contributed by atoms with Crippen LogP contribution in [-0.2, 0) is 13.6 Å². The summed E-state index contributed by atoms with van der Waals surface area (Å²) in [5.41, 5.74) is 2.73. The van der Waals surface area contributed by atoms with Crippen LogP contribution in [-0.4, -0.2) is 16.9 Å². The van der Waals surface area contributed by atoms with Crippen molar-refractivity contribution < 1.29 is 9.13 Å². The van der Waals surface area contributed by atoms with Crippen molar-refractivity contribution in [3.05, 3.63) is 41.5 Å². The van der Waals surface area contributed by atoms with Crippen LogP contribution in [0.15, 0.2) is 24.3 Å². The predicted molar refractivity (Wildman–Crippen MR) is 68.2 cm³/mol. The summed E-state index contributed by atoms with van der Waals surface area (Å²) in [6.45, 7) is 2.54. The Morgan fingerprint density at radius 1 is 1.39 bits per heavy atom. The van der Waals surface area contributed by atoms with E-state index in [2.05, 4.69) is 10.4 Å². The van der Waals surface area contributed by atoms with Crippen LogP contribution in [0.5, 0.6) is 5.75 Å². The average Bonchev–Trinajstić information content (AvgIpc) is 2.65. The average molecular weight is 249 g/mol. The lowest BCUT2D eigenvalue weighted by molar-refractivity contribution is 0.386. The van der Waals surface area contributed by atoms with Gasteiger partial charge in [-0.05, 0) is 25.1 Å². The van der Waals surface area contributed by atoms with Gasteiger partial charge in [0.2, 0.25) is 0 Å². The summed E-state index contributed by atoms with van der Waals surface area (Å²) >= 11 is 0. The summed E-state index contributed by atoms with van der Waals surface area (Å²) < 4.78 is 20.2. The Morgan fingerprint density at radius 3 is 2.72 bits per heavy atom. The number of hydrogen-bond acceptors (Lipinski definition) is 3. The second kappa shape index (κ2) is 5.08. The molecule has 0 unspecified atom stereocenters. The Labute approximate surface area is 105 Å². The third-order valence-corrected chi connectivity index (χ3v) is 2.72. The van der Waals surface area contributed by atoms with E-state index in [-0.39, 0.29) is 11.6 Å². The highest BCUT2D eigenvalue weighted by molar-refractivity contribution is 5.47. The molecule has 0 saturated heterocycles. The number of methoxy groups -OCH3 is 1. The van der Waals surface area contributed by atoms with Crippen molar-refractivity contribution in [3.63, 3.8) is 0 Å². The molecule has 0 spiro atoms. The van der Waals surface area contributed by atoms with Gasteiger partial charge in [0.05, 0.1) is 25.0 Å². The second-order valence-corrected chi connectivity index (χ2v) is 4.10. The number of nitrogens with zero attached hydrogens (tertiary/aromatic N) is 2. The SMILES string of the molecule is COc1ccc(NCc2cc(C)nn2C)cc1F. The third-order valence-electron chi connectivity index (χ3n) is 2.72. The van der Waals surface area contributed by atoms with E-state index in [1.54, 1.807) is 12.1 Å². The Kier molecular flexibility index (Phi) is 3.50. The summed E-state index contributed by atoms with van der Waals surface area (Å²) in [5.74, 6) is -0.124. The van der Waals surface area contributed by atoms with E-state index in [4.69, 9.17) is 4.74 Å². The number of nitrogens with one attached hydrogen (secondary N) is 1. The molecule has 0 aliphatic carbocycles. The molecule has 1 N–H and O–H groups in total. The number of ether oxygens (including phenoxy) is 1. The standard InChI is InChI=1S/C13H16FN3O/c1-9-6-11(17(2)16-9)8-15-10-4-5-13(18-3)12(14)7-10/h4-7,15H,8H2,1-3H3. The molecule has 1 aromatic carbocycles. The smallest absolute Gasteiger partial charge is 0.167 e. The molecular weight excluding hydrogens is 233 g/mol. The van der Waals surface area contributed by atoms with Gasteiger partial charge in [-0.3, -0.25) is 4.68 Å². The van der Waals surface area contributed by atoms with Gasteiger partial charge < -0.3 is 10.1 Å². The molecule has 96 valence electrons. The zero-order valence-electron chi connectivity index (χ0n) is 10.7. The highest BCUT2D eigenvalue weighted by Crippen LogP contribution is 2.21. The first-order valence-electron chi connectivity index (χ1n) is 5.67. The normalized spacial score (nSPS) is 10.4. The number of benzene rings is 1. The van der Waals surface area contributed by atoms with E-state index in [1.165, 1.54) is 13.2 Å². The van der Waals surface area contributed by atoms with Crippen LogP contribution in [0.1, 0.15) is 11.4 Å². The summed E-state index contributed by atoms with van der Waals surface area (Å²) in [6, 6.07) is 6.80. The lowest BCUT2D eigenvalue weighted by atomic mass is 10.2. The lowest BCUT2D eigenvalue weighted by Crippen LogP contribution is -2.05. The molecule has 1 aromatic heterocycles.